The summed E-state index contributed by atoms with van der Waals surface area (Å²) in [5, 5.41) is 6.89. The molecule has 1 amide bonds. The molecule has 0 spiro atoms. The van der Waals surface area contributed by atoms with E-state index in [0.717, 1.165) is 28.7 Å². The van der Waals surface area contributed by atoms with Gasteiger partial charge in [-0.25, -0.2) is 4.98 Å². The Hall–Kier alpha value is -1.69. The van der Waals surface area contributed by atoms with Gasteiger partial charge < -0.3 is 4.90 Å². The third kappa shape index (κ3) is 2.72. The zero-order valence-electron chi connectivity index (χ0n) is 12.1. The Labute approximate surface area is 131 Å². The highest BCUT2D eigenvalue weighted by molar-refractivity contribution is 9.10. The van der Waals surface area contributed by atoms with Gasteiger partial charge >= 0.3 is 0 Å². The molecule has 6 heteroatoms. The van der Waals surface area contributed by atoms with Crippen molar-refractivity contribution in [2.24, 2.45) is 0 Å². The van der Waals surface area contributed by atoms with E-state index >= 15 is 0 Å². The largest absolute Gasteiger partial charge is 0.337 e. The van der Waals surface area contributed by atoms with Crippen molar-refractivity contribution in [2.75, 3.05) is 7.05 Å². The minimum Gasteiger partial charge on any atom is -0.337 e. The maximum absolute atomic E-state index is 12.8. The number of nitrogens with zero attached hydrogens (tertiary/aromatic N) is 3. The van der Waals surface area contributed by atoms with Crippen molar-refractivity contribution in [1.82, 2.24) is 20.1 Å². The van der Waals surface area contributed by atoms with Crippen LogP contribution in [-0.2, 0) is 16.8 Å². The predicted octanol–water partition coefficient (Wildman–Crippen LogP) is 2.57. The zero-order valence-corrected chi connectivity index (χ0v) is 13.6. The Balaban J connectivity index is 1.76. The number of H-pyrrole nitrogens is 1. The van der Waals surface area contributed by atoms with E-state index in [-0.39, 0.29) is 11.3 Å². The van der Waals surface area contributed by atoms with Crippen LogP contribution >= 0.6 is 15.9 Å². The molecule has 21 heavy (non-hydrogen) atoms. The molecule has 1 aromatic heterocycles. The molecule has 110 valence electrons. The number of aryl methyl sites for hydroxylation is 1. The summed E-state index contributed by atoms with van der Waals surface area (Å²) in [4.78, 5) is 18.7. The molecular weight excluding hydrogens is 332 g/mol. The number of carbonyl (C=O) groups is 1. The number of halogens is 1. The number of rotatable bonds is 4. The van der Waals surface area contributed by atoms with E-state index in [4.69, 9.17) is 0 Å². The molecule has 1 saturated carbocycles. The van der Waals surface area contributed by atoms with Gasteiger partial charge in [-0.2, -0.15) is 5.10 Å². The fraction of sp³-hybridized carbons (Fsp3) is 0.400. The van der Waals surface area contributed by atoms with Gasteiger partial charge in [-0.05, 0) is 37.5 Å². The van der Waals surface area contributed by atoms with E-state index in [2.05, 4.69) is 31.1 Å². The van der Waals surface area contributed by atoms with Gasteiger partial charge in [0, 0.05) is 11.5 Å². The fourth-order valence-electron chi connectivity index (χ4n) is 2.63. The summed E-state index contributed by atoms with van der Waals surface area (Å²) in [5.41, 5.74) is 0.745. The third-order valence-electron chi connectivity index (χ3n) is 3.93. The summed E-state index contributed by atoms with van der Waals surface area (Å²) in [7, 11) is 1.81. The van der Waals surface area contributed by atoms with E-state index in [1.54, 1.807) is 4.90 Å². The molecule has 1 N–H and O–H groups in total. The Kier molecular flexibility index (Phi) is 3.57. The van der Waals surface area contributed by atoms with Gasteiger partial charge in [0.1, 0.15) is 5.82 Å². The second-order valence-electron chi connectivity index (χ2n) is 5.59. The fourth-order valence-corrected chi connectivity index (χ4v) is 2.89. The van der Waals surface area contributed by atoms with Gasteiger partial charge in [-0.3, -0.25) is 9.89 Å². The maximum Gasteiger partial charge on any atom is 0.233 e. The van der Waals surface area contributed by atoms with Crippen molar-refractivity contribution in [1.29, 1.82) is 0 Å². The van der Waals surface area contributed by atoms with Gasteiger partial charge in [-0.1, -0.05) is 28.1 Å². The molecular formula is C15H17BrN4O. The molecule has 0 atom stereocenters. The molecule has 1 aliphatic rings. The highest BCUT2D eigenvalue weighted by atomic mass is 79.9. The van der Waals surface area contributed by atoms with Crippen molar-refractivity contribution >= 4 is 21.8 Å². The normalized spacial score (nSPS) is 15.8. The van der Waals surface area contributed by atoms with E-state index in [9.17, 15) is 4.79 Å². The molecule has 5 nitrogen and oxygen atoms in total. The SMILES string of the molecule is Cc1nc(CN(C)C(=O)C2(c3ccc(Br)cc3)CC2)n[nH]1. The summed E-state index contributed by atoms with van der Waals surface area (Å²) < 4.78 is 1.03. The second-order valence-corrected chi connectivity index (χ2v) is 6.50. The first kappa shape index (κ1) is 14.3. The Morgan fingerprint density at radius 2 is 2.05 bits per heavy atom. The number of amides is 1. The van der Waals surface area contributed by atoms with Crippen molar-refractivity contribution in [3.8, 4) is 0 Å². The van der Waals surface area contributed by atoms with Crippen LogP contribution in [-0.4, -0.2) is 33.0 Å². The molecule has 1 fully saturated rings. The number of carbonyl (C=O) groups excluding carboxylic acids is 1. The molecule has 2 aromatic rings. The molecule has 0 radical (unpaired) electrons. The molecule has 3 rings (SSSR count). The summed E-state index contributed by atoms with van der Waals surface area (Å²) in [5.74, 6) is 1.56. The van der Waals surface area contributed by atoms with Crippen LogP contribution in [0.1, 0.15) is 30.1 Å². The number of hydrogen-bond acceptors (Lipinski definition) is 3. The highest BCUT2D eigenvalue weighted by Crippen LogP contribution is 2.49. The molecule has 1 aromatic carbocycles. The Bertz CT molecular complexity index is 661. The van der Waals surface area contributed by atoms with Crippen molar-refractivity contribution in [3.05, 3.63) is 46.0 Å². The van der Waals surface area contributed by atoms with Gasteiger partial charge in [0.15, 0.2) is 5.82 Å². The Morgan fingerprint density at radius 1 is 1.38 bits per heavy atom. The van der Waals surface area contributed by atoms with Crippen LogP contribution in [0.2, 0.25) is 0 Å². The minimum atomic E-state index is -0.346. The standard InChI is InChI=1S/C15H17BrN4O/c1-10-17-13(19-18-10)9-20(2)14(21)15(7-8-15)11-3-5-12(16)6-4-11/h3-6H,7-9H2,1-2H3,(H,17,18,19). The molecule has 0 saturated heterocycles. The number of aromatic amines is 1. The lowest BCUT2D eigenvalue weighted by atomic mass is 9.94. The van der Waals surface area contributed by atoms with E-state index < -0.39 is 0 Å². The van der Waals surface area contributed by atoms with Crippen LogP contribution in [0.25, 0.3) is 0 Å². The highest BCUT2D eigenvalue weighted by Gasteiger charge is 2.52. The van der Waals surface area contributed by atoms with E-state index in [0.29, 0.717) is 12.4 Å². The number of benzene rings is 1. The summed E-state index contributed by atoms with van der Waals surface area (Å²) in [6, 6.07) is 8.03. The lowest BCUT2D eigenvalue weighted by Gasteiger charge is -2.23. The van der Waals surface area contributed by atoms with Crippen LogP contribution in [0.5, 0.6) is 0 Å². The summed E-state index contributed by atoms with van der Waals surface area (Å²) in [6.07, 6.45) is 1.82. The van der Waals surface area contributed by atoms with Crippen LogP contribution in [0.4, 0.5) is 0 Å². The van der Waals surface area contributed by atoms with Crippen molar-refractivity contribution < 1.29 is 4.79 Å². The smallest absolute Gasteiger partial charge is 0.233 e. The predicted molar refractivity (Wildman–Crippen MR) is 82.6 cm³/mol. The van der Waals surface area contributed by atoms with Crippen LogP contribution < -0.4 is 0 Å². The zero-order chi connectivity index (χ0) is 15.0. The topological polar surface area (TPSA) is 61.9 Å². The summed E-state index contributed by atoms with van der Waals surface area (Å²) in [6.45, 7) is 2.28. The molecule has 0 aliphatic heterocycles. The number of nitrogens with one attached hydrogen (secondary N) is 1. The van der Waals surface area contributed by atoms with Crippen LogP contribution in [0.3, 0.4) is 0 Å². The minimum absolute atomic E-state index is 0.146. The third-order valence-corrected chi connectivity index (χ3v) is 4.45. The van der Waals surface area contributed by atoms with Crippen molar-refractivity contribution in [2.45, 2.75) is 31.7 Å². The average Bonchev–Trinajstić information content (AvgIpc) is 3.17. The Morgan fingerprint density at radius 3 is 2.57 bits per heavy atom. The lowest BCUT2D eigenvalue weighted by Crippen LogP contribution is -2.36. The molecule has 0 unspecified atom stereocenters. The first-order chi connectivity index (χ1) is 10.0. The molecule has 1 aliphatic carbocycles. The number of hydrogen-bond donors (Lipinski definition) is 1. The molecule has 1 heterocycles. The first-order valence-corrected chi connectivity index (χ1v) is 7.70. The monoisotopic (exact) mass is 348 g/mol. The van der Waals surface area contributed by atoms with E-state index in [1.165, 1.54) is 0 Å². The van der Waals surface area contributed by atoms with Crippen LogP contribution in [0, 0.1) is 6.92 Å². The number of aromatic nitrogens is 3. The summed E-state index contributed by atoms with van der Waals surface area (Å²) >= 11 is 3.43. The lowest BCUT2D eigenvalue weighted by molar-refractivity contribution is -0.133. The average molecular weight is 349 g/mol. The second kappa shape index (κ2) is 5.26. The van der Waals surface area contributed by atoms with Gasteiger partial charge in [0.05, 0.1) is 12.0 Å². The van der Waals surface area contributed by atoms with E-state index in [1.807, 2.05) is 38.2 Å². The molecule has 0 bridgehead atoms. The quantitative estimate of drug-likeness (QED) is 0.923. The van der Waals surface area contributed by atoms with Crippen molar-refractivity contribution in [3.63, 3.8) is 0 Å². The maximum atomic E-state index is 12.8. The first-order valence-electron chi connectivity index (χ1n) is 6.91. The van der Waals surface area contributed by atoms with Gasteiger partial charge in [-0.15, -0.1) is 0 Å². The van der Waals surface area contributed by atoms with Gasteiger partial charge in [0.2, 0.25) is 5.91 Å². The number of likely N-dealkylation sites (N-methyl/N-ethyl adjacent to an activating group) is 1. The van der Waals surface area contributed by atoms with Gasteiger partial charge in [0.25, 0.3) is 0 Å². The van der Waals surface area contributed by atoms with Crippen LogP contribution in [0.15, 0.2) is 28.7 Å².